The minimum absolute atomic E-state index is 0.0331. The lowest BCUT2D eigenvalue weighted by molar-refractivity contribution is -0.123. The first-order valence-corrected chi connectivity index (χ1v) is 9.68. The van der Waals surface area contributed by atoms with Gasteiger partial charge < -0.3 is 16.0 Å². The minimum atomic E-state index is -1.04. The largest absolute Gasteiger partial charge is 0.326 e. The molecule has 4 N–H and O–H groups in total. The Balaban J connectivity index is 1.66. The highest BCUT2D eigenvalue weighted by Gasteiger charge is 2.35. The first kappa shape index (κ1) is 19.9. The summed E-state index contributed by atoms with van der Waals surface area (Å²) in [5, 5.41) is 8.81. The maximum Gasteiger partial charge on any atom is 0.258 e. The summed E-state index contributed by atoms with van der Waals surface area (Å²) in [6, 6.07) is 13.7. The summed E-state index contributed by atoms with van der Waals surface area (Å²) in [7, 11) is 0. The van der Waals surface area contributed by atoms with Crippen LogP contribution in [0.4, 0.5) is 23.1 Å². The molecule has 0 saturated heterocycles. The lowest BCUT2D eigenvalue weighted by Crippen LogP contribution is -2.36. The number of aromatic nitrogens is 2. The van der Waals surface area contributed by atoms with E-state index in [2.05, 4.69) is 25.9 Å². The van der Waals surface area contributed by atoms with Gasteiger partial charge in [0.2, 0.25) is 17.8 Å². The quantitative estimate of drug-likeness (QED) is 0.488. The molecule has 10 heteroatoms. The number of halogens is 2. The number of H-pyrrole nitrogens is 1. The number of nitrogens with one attached hydrogen (secondary N) is 4. The van der Waals surface area contributed by atoms with E-state index < -0.39 is 23.3 Å². The van der Waals surface area contributed by atoms with Crippen LogP contribution >= 0.6 is 23.2 Å². The van der Waals surface area contributed by atoms with Crippen molar-refractivity contribution in [3.05, 3.63) is 74.5 Å². The van der Waals surface area contributed by atoms with Crippen LogP contribution in [0.15, 0.2) is 53.3 Å². The van der Waals surface area contributed by atoms with Crippen molar-refractivity contribution >= 4 is 58.2 Å². The molecule has 1 atom stereocenters. The van der Waals surface area contributed by atoms with E-state index in [9.17, 15) is 14.4 Å². The molecule has 0 radical (unpaired) electrons. The van der Waals surface area contributed by atoms with Gasteiger partial charge in [0.15, 0.2) is 0 Å². The maximum atomic E-state index is 12.9. The fourth-order valence-corrected chi connectivity index (χ4v) is 3.46. The average Bonchev–Trinajstić information content (AvgIpc) is 2.70. The van der Waals surface area contributed by atoms with Gasteiger partial charge in [0.05, 0.1) is 22.2 Å². The van der Waals surface area contributed by atoms with Crippen molar-refractivity contribution in [2.24, 2.45) is 0 Å². The van der Waals surface area contributed by atoms with E-state index in [4.69, 9.17) is 23.2 Å². The van der Waals surface area contributed by atoms with Gasteiger partial charge in [-0.2, -0.15) is 4.98 Å². The third-order valence-corrected chi connectivity index (χ3v) is 5.06. The van der Waals surface area contributed by atoms with Crippen LogP contribution in [0.1, 0.15) is 17.9 Å². The zero-order chi connectivity index (χ0) is 21.3. The third kappa shape index (κ3) is 4.14. The Morgan fingerprint density at radius 3 is 2.63 bits per heavy atom. The van der Waals surface area contributed by atoms with Crippen LogP contribution in [-0.4, -0.2) is 21.8 Å². The predicted octanol–water partition coefficient (Wildman–Crippen LogP) is 3.88. The Morgan fingerprint density at radius 2 is 1.87 bits per heavy atom. The molecule has 0 saturated carbocycles. The average molecular weight is 444 g/mol. The molecule has 1 aliphatic rings. The lowest BCUT2D eigenvalue weighted by atomic mass is 9.92. The van der Waals surface area contributed by atoms with Gasteiger partial charge in [-0.3, -0.25) is 19.4 Å². The van der Waals surface area contributed by atoms with E-state index in [1.54, 1.807) is 18.2 Å². The van der Waals surface area contributed by atoms with E-state index in [-0.39, 0.29) is 34.5 Å². The molecule has 1 unspecified atom stereocenters. The lowest BCUT2D eigenvalue weighted by Gasteiger charge is -2.24. The normalized spacial score (nSPS) is 15.1. The number of benzene rings is 2. The number of para-hydroxylation sites is 1. The molecule has 30 heavy (non-hydrogen) atoms. The molecule has 2 amide bonds. The van der Waals surface area contributed by atoms with Crippen LogP contribution in [-0.2, 0) is 9.59 Å². The van der Waals surface area contributed by atoms with Crippen molar-refractivity contribution in [3.63, 3.8) is 0 Å². The van der Waals surface area contributed by atoms with Gasteiger partial charge in [0.1, 0.15) is 5.82 Å². The third-order valence-electron chi connectivity index (χ3n) is 4.49. The highest BCUT2D eigenvalue weighted by Crippen LogP contribution is 2.32. The molecule has 1 aliphatic heterocycles. The van der Waals surface area contributed by atoms with Gasteiger partial charge in [-0.05, 0) is 30.3 Å². The summed E-state index contributed by atoms with van der Waals surface area (Å²) in [5.41, 5.74) is 0.528. The van der Waals surface area contributed by atoms with Crippen molar-refractivity contribution in [1.82, 2.24) is 9.97 Å². The van der Waals surface area contributed by atoms with Crippen molar-refractivity contribution in [2.45, 2.75) is 12.3 Å². The van der Waals surface area contributed by atoms with E-state index in [1.165, 1.54) is 12.1 Å². The second-order valence-corrected chi connectivity index (χ2v) is 7.43. The number of nitrogens with zero attached hydrogens (tertiary/aromatic N) is 1. The summed E-state index contributed by atoms with van der Waals surface area (Å²) in [5.74, 6) is -1.85. The Labute approximate surface area is 180 Å². The molecule has 4 rings (SSSR count). The van der Waals surface area contributed by atoms with Gasteiger partial charge in [-0.1, -0.05) is 41.4 Å². The number of anilines is 4. The summed E-state index contributed by atoms with van der Waals surface area (Å²) >= 11 is 12.0. The Kier molecular flexibility index (Phi) is 5.43. The number of amides is 2. The summed E-state index contributed by atoms with van der Waals surface area (Å²) < 4.78 is 0. The fraction of sp³-hybridized carbons (Fsp3) is 0.100. The van der Waals surface area contributed by atoms with E-state index in [0.29, 0.717) is 10.7 Å². The smallest absolute Gasteiger partial charge is 0.258 e. The number of fused-ring (bicyclic) bond motifs is 1. The molecule has 0 spiro atoms. The topological polar surface area (TPSA) is 116 Å². The summed E-state index contributed by atoms with van der Waals surface area (Å²) in [6.07, 6.45) is -0.201. The standard InChI is InChI=1S/C20H15Cl2N5O3/c21-10-6-7-13(22)14(8-10)24-18(29)12-9-15(28)25-17-16(12)19(30)27-20(26-17)23-11-4-2-1-3-5-11/h1-8,12H,9H2,(H,24,29)(H3,23,25,26,27,28,30). The van der Waals surface area contributed by atoms with Gasteiger partial charge in [-0.15, -0.1) is 0 Å². The van der Waals surface area contributed by atoms with Crippen LogP contribution in [0.2, 0.25) is 10.0 Å². The number of carbonyl (C=O) groups excluding carboxylic acids is 2. The monoisotopic (exact) mass is 443 g/mol. The summed E-state index contributed by atoms with van der Waals surface area (Å²) in [4.78, 5) is 44.7. The fourth-order valence-electron chi connectivity index (χ4n) is 3.13. The molecule has 152 valence electrons. The molecule has 2 aromatic carbocycles. The Hall–Kier alpha value is -3.36. The number of hydrogen-bond donors (Lipinski definition) is 4. The molecule has 0 fully saturated rings. The van der Waals surface area contributed by atoms with E-state index in [0.717, 1.165) is 0 Å². The molecule has 1 aromatic heterocycles. The minimum Gasteiger partial charge on any atom is -0.326 e. The highest BCUT2D eigenvalue weighted by molar-refractivity contribution is 6.35. The Bertz CT molecular complexity index is 1200. The molecular formula is C20H15Cl2N5O3. The van der Waals surface area contributed by atoms with Crippen LogP contribution in [0.3, 0.4) is 0 Å². The van der Waals surface area contributed by atoms with Crippen LogP contribution in [0.25, 0.3) is 0 Å². The molecule has 8 nitrogen and oxygen atoms in total. The van der Waals surface area contributed by atoms with Crippen molar-refractivity contribution in [1.29, 1.82) is 0 Å². The molecular weight excluding hydrogens is 429 g/mol. The van der Waals surface area contributed by atoms with Crippen molar-refractivity contribution in [2.75, 3.05) is 16.0 Å². The second kappa shape index (κ2) is 8.17. The van der Waals surface area contributed by atoms with Crippen molar-refractivity contribution in [3.8, 4) is 0 Å². The zero-order valence-corrected chi connectivity index (χ0v) is 16.8. The first-order valence-electron chi connectivity index (χ1n) is 8.93. The number of hydrogen-bond acceptors (Lipinski definition) is 5. The molecule has 2 heterocycles. The summed E-state index contributed by atoms with van der Waals surface area (Å²) in [6.45, 7) is 0. The molecule has 0 aliphatic carbocycles. The van der Waals surface area contributed by atoms with Gasteiger partial charge in [-0.25, -0.2) is 0 Å². The van der Waals surface area contributed by atoms with E-state index in [1.807, 2.05) is 18.2 Å². The maximum absolute atomic E-state index is 12.9. The Morgan fingerprint density at radius 1 is 1.10 bits per heavy atom. The van der Waals surface area contributed by atoms with Gasteiger partial charge >= 0.3 is 0 Å². The molecule has 0 bridgehead atoms. The zero-order valence-electron chi connectivity index (χ0n) is 15.3. The van der Waals surface area contributed by atoms with Gasteiger partial charge in [0.25, 0.3) is 5.56 Å². The predicted molar refractivity (Wildman–Crippen MR) is 116 cm³/mol. The number of carbonyl (C=O) groups is 2. The second-order valence-electron chi connectivity index (χ2n) is 6.59. The van der Waals surface area contributed by atoms with E-state index >= 15 is 0 Å². The number of aromatic amines is 1. The first-order chi connectivity index (χ1) is 14.4. The van der Waals surface area contributed by atoms with Gasteiger partial charge in [0, 0.05) is 17.1 Å². The number of rotatable bonds is 4. The van der Waals surface area contributed by atoms with Crippen LogP contribution in [0, 0.1) is 0 Å². The molecule has 3 aromatic rings. The van der Waals surface area contributed by atoms with Crippen LogP contribution in [0.5, 0.6) is 0 Å². The van der Waals surface area contributed by atoms with Crippen LogP contribution < -0.4 is 21.5 Å². The highest BCUT2D eigenvalue weighted by atomic mass is 35.5. The van der Waals surface area contributed by atoms with Crippen molar-refractivity contribution < 1.29 is 9.59 Å². The SMILES string of the molecule is O=C1CC(C(=O)Nc2cc(Cl)ccc2Cl)c2c(nc(Nc3ccccc3)[nH]c2=O)N1.